The Morgan fingerprint density at radius 1 is 1.33 bits per heavy atom. The molecule has 2 aliphatic heterocycles. The minimum atomic E-state index is -4.42. The van der Waals surface area contributed by atoms with Crippen LogP contribution in [0.4, 0.5) is 13.2 Å². The van der Waals surface area contributed by atoms with E-state index in [1.807, 2.05) is 0 Å². The standard InChI is InChI=1S/C17H20F3NO3/c1-2-14(12-4-3-5-13(10-12)17(18,19)20)15(22)21-7-6-16(11-21)23-8-9-24-16/h3-5,10,14H,2,6-9,11H2,1H3/t14-/m0/s1. The highest BCUT2D eigenvalue weighted by atomic mass is 19.4. The minimum Gasteiger partial charge on any atom is -0.346 e. The number of hydrogen-bond acceptors (Lipinski definition) is 3. The minimum absolute atomic E-state index is 0.173. The van der Waals surface area contributed by atoms with E-state index in [1.54, 1.807) is 17.9 Å². The first-order valence-electron chi connectivity index (χ1n) is 8.08. The molecule has 0 unspecified atom stereocenters. The van der Waals surface area contributed by atoms with Gasteiger partial charge in [0.15, 0.2) is 5.79 Å². The number of likely N-dealkylation sites (tertiary alicyclic amines) is 1. The SMILES string of the molecule is CC[C@H](C(=O)N1CCC2(C1)OCCO2)c1cccc(C(F)(F)F)c1. The molecule has 1 atom stereocenters. The molecule has 1 aromatic carbocycles. The highest BCUT2D eigenvalue weighted by Gasteiger charge is 2.45. The molecule has 0 aromatic heterocycles. The van der Waals surface area contributed by atoms with Crippen molar-refractivity contribution >= 4 is 5.91 Å². The first kappa shape index (κ1) is 17.2. The fourth-order valence-electron chi connectivity index (χ4n) is 3.38. The Morgan fingerprint density at radius 2 is 2.04 bits per heavy atom. The van der Waals surface area contributed by atoms with Gasteiger partial charge in [0.2, 0.25) is 5.91 Å². The van der Waals surface area contributed by atoms with Crippen LogP contribution in [-0.2, 0) is 20.4 Å². The van der Waals surface area contributed by atoms with E-state index in [2.05, 4.69) is 0 Å². The lowest BCUT2D eigenvalue weighted by Gasteiger charge is -2.25. The summed E-state index contributed by atoms with van der Waals surface area (Å²) in [5, 5.41) is 0. The van der Waals surface area contributed by atoms with Gasteiger partial charge >= 0.3 is 6.18 Å². The number of amides is 1. The molecule has 2 fully saturated rings. The summed E-state index contributed by atoms with van der Waals surface area (Å²) in [6.45, 7) is 3.65. The average molecular weight is 343 g/mol. The lowest BCUT2D eigenvalue weighted by atomic mass is 9.93. The molecule has 1 spiro atoms. The van der Waals surface area contributed by atoms with Crippen LogP contribution in [0.25, 0.3) is 0 Å². The van der Waals surface area contributed by atoms with Gasteiger partial charge in [-0.3, -0.25) is 4.79 Å². The van der Waals surface area contributed by atoms with Crippen molar-refractivity contribution in [3.63, 3.8) is 0 Å². The summed E-state index contributed by atoms with van der Waals surface area (Å²) in [6, 6.07) is 5.02. The van der Waals surface area contributed by atoms with Gasteiger partial charge in [-0.1, -0.05) is 25.1 Å². The number of ether oxygens (including phenoxy) is 2. The van der Waals surface area contributed by atoms with E-state index in [9.17, 15) is 18.0 Å². The van der Waals surface area contributed by atoms with E-state index in [0.717, 1.165) is 12.1 Å². The Balaban J connectivity index is 1.78. The van der Waals surface area contributed by atoms with E-state index in [-0.39, 0.29) is 5.91 Å². The van der Waals surface area contributed by atoms with E-state index in [0.29, 0.717) is 44.7 Å². The summed E-state index contributed by atoms with van der Waals surface area (Å²) in [5.74, 6) is -1.49. The predicted octanol–water partition coefficient (Wildman–Crippen LogP) is 3.17. The largest absolute Gasteiger partial charge is 0.416 e. The number of nitrogens with zero attached hydrogens (tertiary/aromatic N) is 1. The molecule has 2 saturated heterocycles. The summed E-state index contributed by atoms with van der Waals surface area (Å²) in [6.07, 6.45) is -3.39. The topological polar surface area (TPSA) is 38.8 Å². The zero-order chi connectivity index (χ0) is 17.4. The molecular weight excluding hydrogens is 323 g/mol. The molecule has 0 saturated carbocycles. The van der Waals surface area contributed by atoms with Crippen LogP contribution < -0.4 is 0 Å². The lowest BCUT2D eigenvalue weighted by molar-refractivity contribution is -0.153. The monoisotopic (exact) mass is 343 g/mol. The summed E-state index contributed by atoms with van der Waals surface area (Å²) in [7, 11) is 0. The van der Waals surface area contributed by atoms with Crippen molar-refractivity contribution in [3.8, 4) is 0 Å². The molecule has 0 bridgehead atoms. The van der Waals surface area contributed by atoms with Gasteiger partial charge in [-0.05, 0) is 18.1 Å². The maximum Gasteiger partial charge on any atom is 0.416 e. The van der Waals surface area contributed by atoms with Crippen LogP contribution >= 0.6 is 0 Å². The predicted molar refractivity (Wildman–Crippen MR) is 80.3 cm³/mol. The normalized spacial score (nSPS) is 21.4. The molecule has 0 radical (unpaired) electrons. The van der Waals surface area contributed by atoms with Crippen LogP contribution in [0.1, 0.15) is 36.8 Å². The molecule has 0 N–H and O–H groups in total. The smallest absolute Gasteiger partial charge is 0.346 e. The van der Waals surface area contributed by atoms with E-state index >= 15 is 0 Å². The number of carbonyl (C=O) groups is 1. The first-order valence-corrected chi connectivity index (χ1v) is 8.08. The molecule has 2 aliphatic rings. The summed E-state index contributed by atoms with van der Waals surface area (Å²) in [4.78, 5) is 14.5. The lowest BCUT2D eigenvalue weighted by Crippen LogP contribution is -2.39. The maximum atomic E-state index is 12.9. The highest BCUT2D eigenvalue weighted by Crippen LogP contribution is 2.35. The molecule has 3 rings (SSSR count). The third-order valence-electron chi connectivity index (χ3n) is 4.64. The van der Waals surface area contributed by atoms with Crippen molar-refractivity contribution in [1.29, 1.82) is 0 Å². The van der Waals surface area contributed by atoms with Crippen molar-refractivity contribution in [2.45, 2.75) is 37.6 Å². The second kappa shape index (κ2) is 6.37. The molecule has 1 aromatic rings. The van der Waals surface area contributed by atoms with Crippen LogP contribution in [0.3, 0.4) is 0 Å². The average Bonchev–Trinajstić information content (AvgIpc) is 3.18. The van der Waals surface area contributed by atoms with Gasteiger partial charge in [-0.25, -0.2) is 0 Å². The number of benzene rings is 1. The van der Waals surface area contributed by atoms with E-state index in [4.69, 9.17) is 9.47 Å². The Morgan fingerprint density at radius 3 is 2.67 bits per heavy atom. The summed E-state index contributed by atoms with van der Waals surface area (Å²) >= 11 is 0. The van der Waals surface area contributed by atoms with E-state index in [1.165, 1.54) is 6.07 Å². The van der Waals surface area contributed by atoms with Crippen LogP contribution in [0.2, 0.25) is 0 Å². The molecule has 7 heteroatoms. The van der Waals surface area contributed by atoms with Crippen molar-refractivity contribution in [3.05, 3.63) is 35.4 Å². The Labute approximate surface area is 138 Å². The van der Waals surface area contributed by atoms with Crippen molar-refractivity contribution in [1.82, 2.24) is 4.90 Å². The number of rotatable bonds is 3. The Bertz CT molecular complexity index is 611. The molecule has 2 heterocycles. The van der Waals surface area contributed by atoms with Gasteiger partial charge in [0.25, 0.3) is 0 Å². The fraction of sp³-hybridized carbons (Fsp3) is 0.588. The van der Waals surface area contributed by atoms with Crippen molar-refractivity contribution in [2.24, 2.45) is 0 Å². The quantitative estimate of drug-likeness (QED) is 0.846. The molecule has 4 nitrogen and oxygen atoms in total. The molecule has 132 valence electrons. The number of alkyl halides is 3. The van der Waals surface area contributed by atoms with Gasteiger partial charge in [0, 0.05) is 13.0 Å². The van der Waals surface area contributed by atoms with Crippen molar-refractivity contribution in [2.75, 3.05) is 26.3 Å². The molecule has 1 amide bonds. The summed E-state index contributed by atoms with van der Waals surface area (Å²) < 4.78 is 49.9. The molecule has 0 aliphatic carbocycles. The van der Waals surface area contributed by atoms with Crippen LogP contribution in [-0.4, -0.2) is 42.9 Å². The number of hydrogen-bond donors (Lipinski definition) is 0. The molecular formula is C17H20F3NO3. The van der Waals surface area contributed by atoms with Crippen molar-refractivity contribution < 1.29 is 27.4 Å². The van der Waals surface area contributed by atoms with Gasteiger partial charge in [-0.15, -0.1) is 0 Å². The van der Waals surface area contributed by atoms with Crippen LogP contribution in [0, 0.1) is 0 Å². The zero-order valence-electron chi connectivity index (χ0n) is 13.4. The van der Waals surface area contributed by atoms with Crippen LogP contribution in [0.15, 0.2) is 24.3 Å². The zero-order valence-corrected chi connectivity index (χ0v) is 13.4. The third kappa shape index (κ3) is 3.28. The van der Waals surface area contributed by atoms with Gasteiger partial charge in [-0.2, -0.15) is 13.2 Å². The second-order valence-corrected chi connectivity index (χ2v) is 6.20. The molecule has 24 heavy (non-hydrogen) atoms. The van der Waals surface area contributed by atoms with Gasteiger partial charge in [0.05, 0.1) is 31.2 Å². The maximum absolute atomic E-state index is 12.9. The summed E-state index contributed by atoms with van der Waals surface area (Å²) in [5.41, 5.74) is -0.335. The van der Waals surface area contributed by atoms with Crippen LogP contribution in [0.5, 0.6) is 0 Å². The van der Waals surface area contributed by atoms with Gasteiger partial charge in [0.1, 0.15) is 0 Å². The Kier molecular flexibility index (Phi) is 4.57. The fourth-order valence-corrected chi connectivity index (χ4v) is 3.38. The highest BCUT2D eigenvalue weighted by molar-refractivity contribution is 5.84. The Hall–Kier alpha value is -1.60. The van der Waals surface area contributed by atoms with E-state index < -0.39 is 23.4 Å². The number of halogens is 3. The first-order chi connectivity index (χ1) is 11.3. The van der Waals surface area contributed by atoms with Gasteiger partial charge < -0.3 is 14.4 Å². The number of carbonyl (C=O) groups excluding carboxylic acids is 1. The third-order valence-corrected chi connectivity index (χ3v) is 4.64. The second-order valence-electron chi connectivity index (χ2n) is 6.20.